The minimum absolute atomic E-state index is 0.0514. The van der Waals surface area contributed by atoms with Crippen LogP contribution >= 0.6 is 0 Å². The molecule has 0 radical (unpaired) electrons. The second-order valence-electron chi connectivity index (χ2n) is 10.6. The number of benzene rings is 1. The van der Waals surface area contributed by atoms with E-state index in [1.165, 1.54) is 31.9 Å². The van der Waals surface area contributed by atoms with E-state index in [1.54, 1.807) is 16.8 Å². The Labute approximate surface area is 220 Å². The van der Waals surface area contributed by atoms with Crippen molar-refractivity contribution < 1.29 is 22.7 Å². The molecule has 206 valence electrons. The third-order valence-electron chi connectivity index (χ3n) is 8.05. The minimum Gasteiger partial charge on any atom is -0.381 e. The fraction of sp³-hybridized carbons (Fsp3) is 0.571. The molecule has 3 heterocycles. The number of amides is 1. The van der Waals surface area contributed by atoms with Crippen LogP contribution in [0.25, 0.3) is 0 Å². The van der Waals surface area contributed by atoms with Gasteiger partial charge in [-0.05, 0) is 62.6 Å². The van der Waals surface area contributed by atoms with E-state index >= 15 is 0 Å². The van der Waals surface area contributed by atoms with Crippen LogP contribution in [0.4, 0.5) is 18.9 Å². The number of aromatic nitrogens is 1. The van der Waals surface area contributed by atoms with Crippen LogP contribution in [0.1, 0.15) is 71.6 Å². The van der Waals surface area contributed by atoms with Gasteiger partial charge in [-0.15, -0.1) is 0 Å². The number of nitrogens with one attached hydrogen (secondary N) is 2. The molecule has 3 fully saturated rings. The van der Waals surface area contributed by atoms with Gasteiger partial charge in [0.15, 0.2) is 0 Å². The van der Waals surface area contributed by atoms with Crippen LogP contribution in [-0.2, 0) is 17.5 Å². The number of carbonyl (C=O) groups excluding carboxylic acids is 1. The van der Waals surface area contributed by atoms with Crippen molar-refractivity contribution in [1.82, 2.24) is 14.8 Å². The number of pyridine rings is 1. The largest absolute Gasteiger partial charge is 0.416 e. The van der Waals surface area contributed by atoms with Crippen molar-refractivity contribution in [1.29, 1.82) is 0 Å². The molecule has 2 aromatic rings. The summed E-state index contributed by atoms with van der Waals surface area (Å²) in [4.78, 5) is 29.1. The number of ether oxygens (including phenoxy) is 1. The highest BCUT2D eigenvalue weighted by Crippen LogP contribution is 2.33. The van der Waals surface area contributed by atoms with Crippen molar-refractivity contribution in [3.8, 4) is 0 Å². The second kappa shape index (κ2) is 11.1. The quantitative estimate of drug-likeness (QED) is 0.550. The first-order valence-electron chi connectivity index (χ1n) is 13.5. The van der Waals surface area contributed by atoms with Crippen LogP contribution in [0, 0.1) is 6.92 Å². The van der Waals surface area contributed by atoms with E-state index in [2.05, 4.69) is 15.5 Å². The normalized spacial score (nSPS) is 19.9. The van der Waals surface area contributed by atoms with E-state index in [4.69, 9.17) is 4.74 Å². The zero-order chi connectivity index (χ0) is 26.9. The Hall–Kier alpha value is -2.85. The van der Waals surface area contributed by atoms with E-state index < -0.39 is 17.6 Å². The molecule has 5 rings (SSSR count). The highest BCUT2D eigenvalue weighted by molar-refractivity contribution is 5.99. The Morgan fingerprint density at radius 3 is 2.42 bits per heavy atom. The summed E-state index contributed by atoms with van der Waals surface area (Å²) in [5.41, 5.74) is 0.394. The minimum atomic E-state index is -4.46. The molecule has 7 nitrogen and oxygen atoms in total. The number of carbonyl (C=O) groups is 1. The maximum atomic E-state index is 13.4. The molecular weight excluding hydrogens is 497 g/mol. The van der Waals surface area contributed by atoms with Crippen molar-refractivity contribution >= 4 is 11.6 Å². The molecule has 0 bridgehead atoms. The van der Waals surface area contributed by atoms with Crippen LogP contribution in [0.5, 0.6) is 0 Å². The summed E-state index contributed by atoms with van der Waals surface area (Å²) in [5.74, 6) is -0.430. The Kier molecular flexibility index (Phi) is 7.81. The Balaban J connectivity index is 1.37. The van der Waals surface area contributed by atoms with Gasteiger partial charge in [-0.1, -0.05) is 12.1 Å². The third-order valence-corrected chi connectivity index (χ3v) is 8.05. The second-order valence-corrected chi connectivity index (χ2v) is 10.6. The molecule has 0 unspecified atom stereocenters. The van der Waals surface area contributed by atoms with Crippen LogP contribution < -0.4 is 16.2 Å². The standard InChI is InChI=1S/C28H35F3N4O3/c1-18-19(3-2-4-24(18)28(29,30)31)16-32-27(37)23-17-35(22-9-13-38-14-10-22)26(36)15-25(23)33-20-7-11-34(12-8-20)21-5-6-21/h2-4,15,17,20-22,33H,5-14,16H2,1H3,(H,32,37). The van der Waals surface area contributed by atoms with E-state index in [0.717, 1.165) is 32.0 Å². The molecule has 0 atom stereocenters. The van der Waals surface area contributed by atoms with E-state index in [1.807, 2.05) is 0 Å². The first-order valence-corrected chi connectivity index (χ1v) is 13.5. The lowest BCUT2D eigenvalue weighted by atomic mass is 10.0. The lowest BCUT2D eigenvalue weighted by Crippen LogP contribution is -2.41. The average Bonchev–Trinajstić information content (AvgIpc) is 3.74. The van der Waals surface area contributed by atoms with Crippen molar-refractivity contribution in [3.05, 3.63) is 63.1 Å². The number of halogens is 3. The predicted octanol–water partition coefficient (Wildman–Crippen LogP) is 4.50. The average molecular weight is 533 g/mol. The molecule has 2 N–H and O–H groups in total. The van der Waals surface area contributed by atoms with Gasteiger partial charge >= 0.3 is 6.18 Å². The third kappa shape index (κ3) is 6.07. The predicted molar refractivity (Wildman–Crippen MR) is 138 cm³/mol. The molecule has 0 spiro atoms. The van der Waals surface area contributed by atoms with Crippen molar-refractivity contribution in [3.63, 3.8) is 0 Å². The van der Waals surface area contributed by atoms with Gasteiger partial charge in [0.1, 0.15) is 0 Å². The van der Waals surface area contributed by atoms with Gasteiger partial charge in [0.2, 0.25) is 0 Å². The monoisotopic (exact) mass is 532 g/mol. The SMILES string of the molecule is Cc1c(CNC(=O)c2cn(C3CCOCC3)c(=O)cc2NC2CCN(C3CC3)CC2)cccc1C(F)(F)F. The number of piperidine rings is 1. The number of alkyl halides is 3. The van der Waals surface area contributed by atoms with Gasteiger partial charge in [0.05, 0.1) is 16.8 Å². The highest BCUT2D eigenvalue weighted by Gasteiger charge is 2.33. The van der Waals surface area contributed by atoms with Gasteiger partial charge in [0.25, 0.3) is 11.5 Å². The summed E-state index contributed by atoms with van der Waals surface area (Å²) in [6, 6.07) is 6.25. The zero-order valence-electron chi connectivity index (χ0n) is 21.7. The van der Waals surface area contributed by atoms with Gasteiger partial charge in [-0.25, -0.2) is 0 Å². The Bertz CT molecular complexity index is 1210. The molecule has 10 heteroatoms. The maximum Gasteiger partial charge on any atom is 0.416 e. The van der Waals surface area contributed by atoms with Crippen LogP contribution in [0.15, 0.2) is 35.3 Å². The first-order chi connectivity index (χ1) is 18.2. The van der Waals surface area contributed by atoms with Gasteiger partial charge < -0.3 is 24.8 Å². The number of anilines is 1. The number of likely N-dealkylation sites (tertiary alicyclic amines) is 1. The smallest absolute Gasteiger partial charge is 0.381 e. The maximum absolute atomic E-state index is 13.4. The van der Waals surface area contributed by atoms with Crippen LogP contribution in [0.2, 0.25) is 0 Å². The van der Waals surface area contributed by atoms with Crippen molar-refractivity contribution in [2.45, 2.75) is 76.3 Å². The molecule has 38 heavy (non-hydrogen) atoms. The lowest BCUT2D eigenvalue weighted by molar-refractivity contribution is -0.138. The first kappa shape index (κ1) is 26.7. The van der Waals surface area contributed by atoms with E-state index in [0.29, 0.717) is 48.9 Å². The molecule has 2 aliphatic heterocycles. The highest BCUT2D eigenvalue weighted by atomic mass is 19.4. The fourth-order valence-electron chi connectivity index (χ4n) is 5.62. The van der Waals surface area contributed by atoms with E-state index in [9.17, 15) is 22.8 Å². The van der Waals surface area contributed by atoms with Crippen molar-refractivity contribution in [2.75, 3.05) is 31.6 Å². The van der Waals surface area contributed by atoms with E-state index in [-0.39, 0.29) is 29.8 Å². The number of nitrogens with zero attached hydrogens (tertiary/aromatic N) is 2. The molecule has 1 amide bonds. The molecule has 1 aromatic heterocycles. The summed E-state index contributed by atoms with van der Waals surface area (Å²) >= 11 is 0. The Morgan fingerprint density at radius 2 is 1.76 bits per heavy atom. The van der Waals surface area contributed by atoms with Crippen LogP contribution in [-0.4, -0.2) is 53.8 Å². The molecule has 1 aromatic carbocycles. The molecule has 2 saturated heterocycles. The van der Waals surface area contributed by atoms with Gasteiger partial charge in [-0.2, -0.15) is 13.2 Å². The summed E-state index contributed by atoms with van der Waals surface area (Å²) in [7, 11) is 0. The summed E-state index contributed by atoms with van der Waals surface area (Å²) in [6.45, 7) is 4.43. The summed E-state index contributed by atoms with van der Waals surface area (Å²) < 4.78 is 47.1. The molecule has 3 aliphatic rings. The Morgan fingerprint density at radius 1 is 1.05 bits per heavy atom. The molecule has 1 aliphatic carbocycles. The van der Waals surface area contributed by atoms with Gasteiger partial charge in [0, 0.05) is 63.2 Å². The zero-order valence-corrected chi connectivity index (χ0v) is 21.7. The topological polar surface area (TPSA) is 75.6 Å². The fourth-order valence-corrected chi connectivity index (χ4v) is 5.62. The van der Waals surface area contributed by atoms with Crippen LogP contribution in [0.3, 0.4) is 0 Å². The summed E-state index contributed by atoms with van der Waals surface area (Å²) in [6.07, 6.45) is 2.86. The summed E-state index contributed by atoms with van der Waals surface area (Å²) in [5, 5.41) is 6.24. The number of hydrogen-bond acceptors (Lipinski definition) is 5. The molecule has 1 saturated carbocycles. The number of hydrogen-bond donors (Lipinski definition) is 2. The lowest BCUT2D eigenvalue weighted by Gasteiger charge is -2.33. The van der Waals surface area contributed by atoms with Gasteiger partial charge in [-0.3, -0.25) is 9.59 Å². The molecular formula is C28H35F3N4O3. The number of rotatable bonds is 7. The van der Waals surface area contributed by atoms with Crippen molar-refractivity contribution in [2.24, 2.45) is 0 Å².